The van der Waals surface area contributed by atoms with E-state index in [1.807, 2.05) is 36.4 Å². The van der Waals surface area contributed by atoms with Crippen molar-refractivity contribution in [3.8, 4) is 17.2 Å². The average Bonchev–Trinajstić information content (AvgIpc) is 3.49. The van der Waals surface area contributed by atoms with Crippen molar-refractivity contribution in [2.75, 3.05) is 13.2 Å². The van der Waals surface area contributed by atoms with Gasteiger partial charge in [0.2, 0.25) is 0 Å². The molecule has 5 rings (SSSR count). The number of fused-ring (bicyclic) bond motifs is 1. The summed E-state index contributed by atoms with van der Waals surface area (Å²) in [4.78, 5) is 12.4. The van der Waals surface area contributed by atoms with Crippen molar-refractivity contribution >= 4 is 27.3 Å². The topological polar surface area (TPSA) is 122 Å². The van der Waals surface area contributed by atoms with Gasteiger partial charge in [-0.25, -0.2) is 0 Å². The molecule has 0 amide bonds. The Morgan fingerprint density at radius 1 is 1.11 bits per heavy atom. The van der Waals surface area contributed by atoms with Crippen molar-refractivity contribution in [2.45, 2.75) is 11.5 Å². The van der Waals surface area contributed by atoms with Gasteiger partial charge in [-0.05, 0) is 0 Å². The molecule has 0 spiro atoms. The van der Waals surface area contributed by atoms with E-state index >= 15 is 0 Å². The fraction of sp³-hybridized carbons (Fsp3) is 0.160. The van der Waals surface area contributed by atoms with Crippen LogP contribution in [0.1, 0.15) is 11.9 Å². The van der Waals surface area contributed by atoms with E-state index in [2.05, 4.69) is 23.4 Å². The molecule has 1 atom stereocenters. The van der Waals surface area contributed by atoms with Crippen LogP contribution in [0.25, 0.3) is 11.2 Å². The van der Waals surface area contributed by atoms with Gasteiger partial charge in [0.15, 0.2) is 0 Å². The zero-order chi connectivity index (χ0) is 27.1. The van der Waals surface area contributed by atoms with Crippen LogP contribution >= 0.6 is 0 Å². The number of benzene rings is 3. The van der Waals surface area contributed by atoms with E-state index in [9.17, 15) is 22.0 Å². The van der Waals surface area contributed by atoms with E-state index in [4.69, 9.17) is 23.2 Å². The molecular weight excluding hydrogens is 641 g/mol. The van der Waals surface area contributed by atoms with Gasteiger partial charge in [-0.3, -0.25) is 4.55 Å². The van der Waals surface area contributed by atoms with Gasteiger partial charge in [0.1, 0.15) is 6.61 Å². The number of hydrogen-bond donors (Lipinski definition) is 1. The van der Waals surface area contributed by atoms with Crippen LogP contribution in [-0.2, 0) is 19.6 Å². The zero-order valence-electron chi connectivity index (χ0n) is 19.2. The van der Waals surface area contributed by atoms with E-state index in [-0.39, 0.29) is 22.7 Å². The number of alkyl halides is 2. The van der Waals surface area contributed by atoms with Gasteiger partial charge in [-0.2, -0.15) is 17.2 Å². The third-order valence-electron chi connectivity index (χ3n) is 5.27. The van der Waals surface area contributed by atoms with E-state index in [0.29, 0.717) is 16.9 Å². The number of rotatable bonds is 11. The van der Waals surface area contributed by atoms with E-state index in [0.717, 1.165) is 3.57 Å². The van der Waals surface area contributed by atoms with E-state index < -0.39 is 62.1 Å². The number of carbonyl (C=O) groups is 1. The van der Waals surface area contributed by atoms with Gasteiger partial charge in [0.05, 0.1) is 0 Å². The van der Waals surface area contributed by atoms with Crippen LogP contribution in [-0.4, -0.2) is 37.4 Å². The summed E-state index contributed by atoms with van der Waals surface area (Å²) in [5.41, 5.74) is 0.786. The first kappa shape index (κ1) is 26.3. The fourth-order valence-corrected chi connectivity index (χ4v) is 6.04. The number of ether oxygens (including phenoxy) is 4. The molecule has 2 aromatic heterocycles. The molecule has 2 aromatic carbocycles. The van der Waals surface area contributed by atoms with Gasteiger partial charge in [-0.1, -0.05) is 0 Å². The summed E-state index contributed by atoms with van der Waals surface area (Å²) >= 11 is -0.400. The van der Waals surface area contributed by atoms with Crippen molar-refractivity contribution in [2.24, 2.45) is 0 Å². The summed E-state index contributed by atoms with van der Waals surface area (Å²) in [5.74, 6) is -0.332. The van der Waals surface area contributed by atoms with Gasteiger partial charge >= 0.3 is 193 Å². The third kappa shape index (κ3) is 5.32. The second-order valence-electron chi connectivity index (χ2n) is 8.07. The molecule has 1 unspecified atom stereocenters. The standard InChI is InChI=1S/C25H18F2IO9S/c1-14(12-33-13-25(26,27)38(30,31)32)23(29)36-21-19-11-18-20(35-19)22(21)37-24(18)34-17-9-5-8-16(10-17)28-15-6-3-2-4-7-15/h2-11,24H,1,12-13H2,(H,30,31,32)/q-1. The summed E-state index contributed by atoms with van der Waals surface area (Å²) < 4.78 is 86.0. The first-order valence-electron chi connectivity index (χ1n) is 10.9. The Hall–Kier alpha value is -3.27. The molecule has 0 fully saturated rings. The molecule has 0 aliphatic carbocycles. The van der Waals surface area contributed by atoms with Gasteiger partial charge in [0, 0.05) is 0 Å². The van der Waals surface area contributed by atoms with Crippen molar-refractivity contribution in [1.29, 1.82) is 0 Å². The van der Waals surface area contributed by atoms with Gasteiger partial charge < -0.3 is 4.74 Å². The first-order chi connectivity index (χ1) is 18.0. The van der Waals surface area contributed by atoms with Crippen molar-refractivity contribution in [3.05, 3.63) is 85.5 Å². The normalized spacial score (nSPS) is 15.1. The van der Waals surface area contributed by atoms with Crippen molar-refractivity contribution in [1.82, 2.24) is 0 Å². The minimum atomic E-state index is -5.66. The van der Waals surface area contributed by atoms with Crippen LogP contribution in [0.15, 0.2) is 77.2 Å². The minimum absolute atomic E-state index is 0.0343. The maximum atomic E-state index is 13.3. The van der Waals surface area contributed by atoms with Crippen LogP contribution < -0.4 is 35.4 Å². The molecule has 9 nitrogen and oxygen atoms in total. The number of furan rings is 2. The van der Waals surface area contributed by atoms with Gasteiger partial charge in [0.25, 0.3) is 0 Å². The van der Waals surface area contributed by atoms with Crippen molar-refractivity contribution < 1.29 is 71.1 Å². The maximum absolute atomic E-state index is 13.3. The Morgan fingerprint density at radius 2 is 1.84 bits per heavy atom. The fourth-order valence-electron chi connectivity index (χ4n) is 3.46. The molecule has 3 heterocycles. The molecule has 0 saturated heterocycles. The van der Waals surface area contributed by atoms with Crippen LogP contribution in [0.5, 0.6) is 17.2 Å². The monoisotopic (exact) mass is 659 g/mol. The molecule has 4 aromatic rings. The quantitative estimate of drug-likeness (QED) is 0.0839. The van der Waals surface area contributed by atoms with Crippen LogP contribution in [0.4, 0.5) is 8.78 Å². The summed E-state index contributed by atoms with van der Waals surface area (Å²) in [6.45, 7) is 0.954. The molecule has 1 aliphatic rings. The van der Waals surface area contributed by atoms with E-state index in [1.165, 1.54) is 3.57 Å². The second-order valence-corrected chi connectivity index (χ2v) is 12.6. The summed E-state index contributed by atoms with van der Waals surface area (Å²) in [6.07, 6.45) is -0.840. The van der Waals surface area contributed by atoms with Crippen LogP contribution in [0.3, 0.4) is 0 Å². The number of esters is 1. The molecule has 2 bridgehead atoms. The molecule has 0 radical (unpaired) electrons. The summed E-state index contributed by atoms with van der Waals surface area (Å²) in [7, 11) is -5.66. The molecular formula is C25H18F2IO9S-. The SMILES string of the molecule is C=C(COCC(F)(F)S(=O)(=O)O)C(=O)Oc1c2c3oc1cc3C(Oc1cccc([I-]c3ccccc3)c1)O2. The third-order valence-corrected chi connectivity index (χ3v) is 8.78. The molecule has 38 heavy (non-hydrogen) atoms. The number of carbonyl (C=O) groups excluding carboxylic acids is 1. The van der Waals surface area contributed by atoms with Crippen LogP contribution in [0, 0.1) is 7.14 Å². The van der Waals surface area contributed by atoms with E-state index in [1.54, 1.807) is 12.1 Å². The van der Waals surface area contributed by atoms with Gasteiger partial charge in [-0.15, -0.1) is 0 Å². The molecule has 1 aliphatic heterocycles. The molecule has 200 valence electrons. The zero-order valence-corrected chi connectivity index (χ0v) is 22.2. The molecule has 0 saturated carbocycles. The Labute approximate surface area is 225 Å². The Morgan fingerprint density at radius 3 is 2.58 bits per heavy atom. The molecule has 13 heteroatoms. The molecule has 1 N–H and O–H groups in total. The number of halogens is 3. The Bertz CT molecular complexity index is 1600. The predicted octanol–water partition coefficient (Wildman–Crippen LogP) is 1.43. The van der Waals surface area contributed by atoms with Crippen molar-refractivity contribution in [3.63, 3.8) is 0 Å². The second kappa shape index (κ2) is 10.1. The average molecular weight is 659 g/mol. The Balaban J connectivity index is 1.20. The summed E-state index contributed by atoms with van der Waals surface area (Å²) in [5, 5.41) is -4.54. The Kier molecular flexibility index (Phi) is 7.02. The summed E-state index contributed by atoms with van der Waals surface area (Å²) in [6, 6.07) is 19.4. The van der Waals surface area contributed by atoms with Crippen LogP contribution in [0.2, 0.25) is 0 Å². The number of hydrogen-bond acceptors (Lipinski definition) is 8. The predicted molar refractivity (Wildman–Crippen MR) is 124 cm³/mol. The first-order valence-corrected chi connectivity index (χ1v) is 14.5.